The lowest BCUT2D eigenvalue weighted by molar-refractivity contribution is -0.126. The third-order valence-corrected chi connectivity index (χ3v) is 5.13. The first-order valence-corrected chi connectivity index (χ1v) is 9.68. The summed E-state index contributed by atoms with van der Waals surface area (Å²) < 4.78 is 17.7. The van der Waals surface area contributed by atoms with Crippen LogP contribution in [0.4, 0.5) is 0 Å². The minimum Gasteiger partial charge on any atom is -0.496 e. The Bertz CT molecular complexity index is 1050. The minimum absolute atomic E-state index is 0.116. The molecule has 1 amide bonds. The number of ether oxygens (including phenoxy) is 3. The van der Waals surface area contributed by atoms with Crippen LogP contribution in [0.5, 0.6) is 17.2 Å². The largest absolute Gasteiger partial charge is 0.496 e. The maximum absolute atomic E-state index is 12.8. The van der Waals surface area contributed by atoms with Crippen molar-refractivity contribution < 1.29 is 19.0 Å². The van der Waals surface area contributed by atoms with Gasteiger partial charge in [-0.2, -0.15) is 5.10 Å². The van der Waals surface area contributed by atoms with E-state index in [0.29, 0.717) is 22.8 Å². The summed E-state index contributed by atoms with van der Waals surface area (Å²) in [6.07, 6.45) is 6.36. The second-order valence-corrected chi connectivity index (χ2v) is 6.84. The molecule has 1 aromatic heterocycles. The third-order valence-electron chi connectivity index (χ3n) is 5.13. The van der Waals surface area contributed by atoms with Gasteiger partial charge < -0.3 is 19.1 Å². The van der Waals surface area contributed by atoms with E-state index in [4.69, 9.17) is 14.2 Å². The van der Waals surface area contributed by atoms with Crippen LogP contribution in [-0.2, 0) is 4.79 Å². The highest BCUT2D eigenvalue weighted by atomic mass is 16.5. The standard InChI is InChI=1S/C23H26N4O4/c1-16(17-6-9-19(10-7-17)27-15-24-14-25-27)26(2)23(28)11-8-18-12-21(30-4)22(31-5)13-20(18)29-3/h6-16H,1-5H3/b11-8+/t16-/m0/s1. The molecule has 0 saturated heterocycles. The fraction of sp³-hybridized carbons (Fsp3) is 0.261. The van der Waals surface area contributed by atoms with Gasteiger partial charge in [0, 0.05) is 24.8 Å². The van der Waals surface area contributed by atoms with Crippen molar-refractivity contribution in [3.8, 4) is 22.9 Å². The summed E-state index contributed by atoms with van der Waals surface area (Å²) in [5.74, 6) is 1.57. The number of amides is 1. The van der Waals surface area contributed by atoms with Crippen LogP contribution in [0.25, 0.3) is 11.8 Å². The fourth-order valence-electron chi connectivity index (χ4n) is 3.12. The summed E-state index contributed by atoms with van der Waals surface area (Å²) in [5, 5.41) is 4.12. The molecule has 0 fully saturated rings. The molecule has 0 spiro atoms. The summed E-state index contributed by atoms with van der Waals surface area (Å²) in [6.45, 7) is 1.98. The molecule has 3 aromatic rings. The van der Waals surface area contributed by atoms with Crippen molar-refractivity contribution in [1.29, 1.82) is 0 Å². The Morgan fingerprint density at radius 2 is 1.68 bits per heavy atom. The molecule has 8 nitrogen and oxygen atoms in total. The molecule has 3 rings (SSSR count). The first-order chi connectivity index (χ1) is 15.0. The van der Waals surface area contributed by atoms with Crippen molar-refractivity contribution in [3.05, 3.63) is 66.3 Å². The number of carbonyl (C=O) groups is 1. The Morgan fingerprint density at radius 3 is 2.26 bits per heavy atom. The lowest BCUT2D eigenvalue weighted by Crippen LogP contribution is -2.28. The number of hydrogen-bond acceptors (Lipinski definition) is 6. The normalized spacial score (nSPS) is 11.9. The average Bonchev–Trinajstić information content (AvgIpc) is 3.36. The monoisotopic (exact) mass is 422 g/mol. The maximum Gasteiger partial charge on any atom is 0.246 e. The van der Waals surface area contributed by atoms with Gasteiger partial charge in [0.15, 0.2) is 11.5 Å². The predicted octanol–water partition coefficient (Wildman–Crippen LogP) is 3.53. The summed E-state index contributed by atoms with van der Waals surface area (Å²) >= 11 is 0. The SMILES string of the molecule is COc1cc(OC)c(OC)cc1/C=C/C(=O)N(C)[C@@H](C)c1ccc(-n2cncn2)cc1. The van der Waals surface area contributed by atoms with E-state index in [2.05, 4.69) is 10.1 Å². The highest BCUT2D eigenvalue weighted by molar-refractivity contribution is 5.92. The highest BCUT2D eigenvalue weighted by Crippen LogP contribution is 2.35. The molecule has 31 heavy (non-hydrogen) atoms. The molecule has 162 valence electrons. The Balaban J connectivity index is 1.74. The molecule has 1 heterocycles. The summed E-state index contributed by atoms with van der Waals surface area (Å²) in [4.78, 5) is 18.4. The van der Waals surface area contributed by atoms with Gasteiger partial charge >= 0.3 is 0 Å². The minimum atomic E-state index is -0.135. The van der Waals surface area contributed by atoms with Crippen molar-refractivity contribution in [2.75, 3.05) is 28.4 Å². The topological polar surface area (TPSA) is 78.7 Å². The van der Waals surface area contributed by atoms with Gasteiger partial charge in [0.1, 0.15) is 18.4 Å². The zero-order valence-corrected chi connectivity index (χ0v) is 18.3. The van der Waals surface area contributed by atoms with Crippen LogP contribution in [0, 0.1) is 0 Å². The van der Waals surface area contributed by atoms with E-state index in [1.165, 1.54) is 12.4 Å². The van der Waals surface area contributed by atoms with E-state index in [1.807, 2.05) is 31.2 Å². The Morgan fingerprint density at radius 1 is 1.03 bits per heavy atom. The zero-order valence-electron chi connectivity index (χ0n) is 18.3. The first-order valence-electron chi connectivity index (χ1n) is 9.68. The van der Waals surface area contributed by atoms with E-state index in [1.54, 1.807) is 62.5 Å². The van der Waals surface area contributed by atoms with E-state index >= 15 is 0 Å². The van der Waals surface area contributed by atoms with E-state index in [9.17, 15) is 4.79 Å². The number of benzene rings is 2. The van der Waals surface area contributed by atoms with Crippen LogP contribution in [-0.4, -0.2) is 53.9 Å². The van der Waals surface area contributed by atoms with Gasteiger partial charge in [0.2, 0.25) is 5.91 Å². The molecular weight excluding hydrogens is 396 g/mol. The first kappa shape index (κ1) is 21.9. The third kappa shape index (κ3) is 4.85. The number of rotatable bonds is 8. The molecule has 0 aliphatic carbocycles. The van der Waals surface area contributed by atoms with E-state index in [0.717, 1.165) is 11.3 Å². The van der Waals surface area contributed by atoms with Gasteiger partial charge in [-0.1, -0.05) is 12.1 Å². The maximum atomic E-state index is 12.8. The van der Waals surface area contributed by atoms with Gasteiger partial charge in [-0.25, -0.2) is 9.67 Å². The van der Waals surface area contributed by atoms with Gasteiger partial charge in [-0.05, 0) is 36.8 Å². The smallest absolute Gasteiger partial charge is 0.246 e. The van der Waals surface area contributed by atoms with Crippen LogP contribution in [0.3, 0.4) is 0 Å². The summed E-state index contributed by atoms with van der Waals surface area (Å²) in [7, 11) is 6.46. The second kappa shape index (κ2) is 9.80. The molecule has 0 saturated carbocycles. The van der Waals surface area contributed by atoms with Crippen LogP contribution < -0.4 is 14.2 Å². The van der Waals surface area contributed by atoms with Crippen molar-refractivity contribution in [2.45, 2.75) is 13.0 Å². The molecular formula is C23H26N4O4. The highest BCUT2D eigenvalue weighted by Gasteiger charge is 2.16. The van der Waals surface area contributed by atoms with Crippen LogP contribution in [0.15, 0.2) is 55.1 Å². The Kier molecular flexibility index (Phi) is 6.92. The summed E-state index contributed by atoms with van der Waals surface area (Å²) in [5.41, 5.74) is 2.63. The number of methoxy groups -OCH3 is 3. The lowest BCUT2D eigenvalue weighted by atomic mass is 10.1. The Hall–Kier alpha value is -3.81. The lowest BCUT2D eigenvalue weighted by Gasteiger charge is -2.24. The van der Waals surface area contributed by atoms with Crippen LogP contribution in [0.2, 0.25) is 0 Å². The molecule has 0 aliphatic rings. The number of carbonyl (C=O) groups excluding carboxylic acids is 1. The molecule has 8 heteroatoms. The summed E-state index contributed by atoms with van der Waals surface area (Å²) in [6, 6.07) is 11.2. The van der Waals surface area contributed by atoms with Crippen molar-refractivity contribution in [2.24, 2.45) is 0 Å². The molecule has 0 bridgehead atoms. The second-order valence-electron chi connectivity index (χ2n) is 6.84. The molecule has 0 unspecified atom stereocenters. The van der Waals surface area contributed by atoms with Gasteiger partial charge in [-0.3, -0.25) is 4.79 Å². The van der Waals surface area contributed by atoms with Crippen LogP contribution in [0.1, 0.15) is 24.1 Å². The molecule has 2 aromatic carbocycles. The molecule has 0 radical (unpaired) electrons. The molecule has 1 atom stereocenters. The van der Waals surface area contributed by atoms with Crippen molar-refractivity contribution in [1.82, 2.24) is 19.7 Å². The van der Waals surface area contributed by atoms with Crippen molar-refractivity contribution in [3.63, 3.8) is 0 Å². The number of aromatic nitrogens is 3. The fourth-order valence-corrected chi connectivity index (χ4v) is 3.12. The number of hydrogen-bond donors (Lipinski definition) is 0. The van der Waals surface area contributed by atoms with Gasteiger partial charge in [0.25, 0.3) is 0 Å². The molecule has 0 aliphatic heterocycles. The quantitative estimate of drug-likeness (QED) is 0.517. The Labute approximate surface area is 181 Å². The van der Waals surface area contributed by atoms with E-state index in [-0.39, 0.29) is 11.9 Å². The number of likely N-dealkylation sites (N-methyl/N-ethyl adjacent to an activating group) is 1. The van der Waals surface area contributed by atoms with E-state index < -0.39 is 0 Å². The molecule has 0 N–H and O–H groups in total. The predicted molar refractivity (Wildman–Crippen MR) is 118 cm³/mol. The van der Waals surface area contributed by atoms with Gasteiger partial charge in [-0.15, -0.1) is 0 Å². The van der Waals surface area contributed by atoms with Crippen LogP contribution >= 0.6 is 0 Å². The zero-order chi connectivity index (χ0) is 22.4. The number of nitrogens with zero attached hydrogens (tertiary/aromatic N) is 4. The average molecular weight is 422 g/mol. The van der Waals surface area contributed by atoms with Gasteiger partial charge in [0.05, 0.1) is 33.1 Å². The van der Waals surface area contributed by atoms with Crippen molar-refractivity contribution >= 4 is 12.0 Å².